The fraction of sp³-hybridized carbons (Fsp3) is 0.625. The van der Waals surface area contributed by atoms with Gasteiger partial charge in [0, 0.05) is 18.1 Å². The second-order valence-corrected chi connectivity index (χ2v) is 5.91. The molecule has 2 unspecified atom stereocenters. The van der Waals surface area contributed by atoms with Gasteiger partial charge in [-0.15, -0.1) is 0 Å². The lowest BCUT2D eigenvalue weighted by Crippen LogP contribution is -2.52. The van der Waals surface area contributed by atoms with Crippen LogP contribution in [0.1, 0.15) is 39.2 Å². The van der Waals surface area contributed by atoms with Gasteiger partial charge in [-0.3, -0.25) is 0 Å². The zero-order valence-corrected chi connectivity index (χ0v) is 12.7. The van der Waals surface area contributed by atoms with E-state index in [9.17, 15) is 0 Å². The quantitative estimate of drug-likeness (QED) is 0.804. The van der Waals surface area contributed by atoms with Crippen molar-refractivity contribution in [2.75, 3.05) is 13.3 Å². The predicted octanol–water partition coefficient (Wildman–Crippen LogP) is 2.45. The molecule has 4 heteroatoms. The van der Waals surface area contributed by atoms with E-state index in [2.05, 4.69) is 38.2 Å². The first-order valence-corrected chi connectivity index (χ1v) is 7.42. The number of rotatable bonds is 7. The summed E-state index contributed by atoms with van der Waals surface area (Å²) in [6.07, 6.45) is 3.10. The van der Waals surface area contributed by atoms with E-state index in [4.69, 9.17) is 15.2 Å². The Hall–Kier alpha value is -1.26. The molecule has 0 saturated heterocycles. The summed E-state index contributed by atoms with van der Waals surface area (Å²) >= 11 is 0. The third kappa shape index (κ3) is 3.64. The lowest BCUT2D eigenvalue weighted by Gasteiger charge is -2.33. The Balaban J connectivity index is 1.95. The van der Waals surface area contributed by atoms with Crippen molar-refractivity contribution in [1.82, 2.24) is 5.32 Å². The lowest BCUT2D eigenvalue weighted by molar-refractivity contribution is 0.174. The van der Waals surface area contributed by atoms with Crippen LogP contribution < -0.4 is 20.5 Å². The standard InChI is InChI=1S/C16H26N2O2/c1-4-12(2)18-16(3,10-17)8-7-13-5-6-14-15(9-13)20-11-19-14/h5-6,9,12,18H,4,7-8,10-11,17H2,1-3H3. The maximum absolute atomic E-state index is 5.96. The van der Waals surface area contributed by atoms with Crippen LogP contribution in [0.2, 0.25) is 0 Å². The summed E-state index contributed by atoms with van der Waals surface area (Å²) in [5.41, 5.74) is 7.20. The summed E-state index contributed by atoms with van der Waals surface area (Å²) in [5.74, 6) is 1.69. The molecular formula is C16H26N2O2. The van der Waals surface area contributed by atoms with E-state index >= 15 is 0 Å². The summed E-state index contributed by atoms with van der Waals surface area (Å²) in [7, 11) is 0. The van der Waals surface area contributed by atoms with Gasteiger partial charge in [0.05, 0.1) is 0 Å². The number of benzene rings is 1. The number of ether oxygens (including phenoxy) is 2. The van der Waals surface area contributed by atoms with Gasteiger partial charge in [0.1, 0.15) is 0 Å². The van der Waals surface area contributed by atoms with Gasteiger partial charge in [0.25, 0.3) is 0 Å². The smallest absolute Gasteiger partial charge is 0.231 e. The summed E-state index contributed by atoms with van der Waals surface area (Å²) in [5, 5.41) is 3.63. The highest BCUT2D eigenvalue weighted by Crippen LogP contribution is 2.33. The number of fused-ring (bicyclic) bond motifs is 1. The van der Waals surface area contributed by atoms with Crippen molar-refractivity contribution >= 4 is 0 Å². The average molecular weight is 278 g/mol. The van der Waals surface area contributed by atoms with Crippen molar-refractivity contribution in [1.29, 1.82) is 0 Å². The molecule has 1 aromatic rings. The summed E-state index contributed by atoms with van der Waals surface area (Å²) in [6, 6.07) is 6.65. The third-order valence-corrected chi connectivity index (χ3v) is 4.06. The molecule has 0 radical (unpaired) electrons. The van der Waals surface area contributed by atoms with Crippen molar-refractivity contribution in [2.45, 2.75) is 51.6 Å². The molecule has 0 spiro atoms. The van der Waals surface area contributed by atoms with Crippen LogP contribution in [0.25, 0.3) is 0 Å². The SMILES string of the molecule is CCC(C)NC(C)(CN)CCc1ccc2c(c1)OCO2. The highest BCUT2D eigenvalue weighted by Gasteiger charge is 2.24. The summed E-state index contributed by atoms with van der Waals surface area (Å²) in [6.45, 7) is 7.56. The number of nitrogens with one attached hydrogen (secondary N) is 1. The van der Waals surface area contributed by atoms with E-state index in [1.807, 2.05) is 6.07 Å². The van der Waals surface area contributed by atoms with Gasteiger partial charge in [-0.05, 0) is 50.8 Å². The molecule has 1 aliphatic heterocycles. The molecule has 1 heterocycles. The monoisotopic (exact) mass is 278 g/mol. The fourth-order valence-corrected chi connectivity index (χ4v) is 2.45. The molecule has 4 nitrogen and oxygen atoms in total. The number of nitrogens with two attached hydrogens (primary N) is 1. The molecule has 1 aromatic carbocycles. The van der Waals surface area contributed by atoms with E-state index in [1.165, 1.54) is 5.56 Å². The number of hydrogen-bond donors (Lipinski definition) is 2. The van der Waals surface area contributed by atoms with Crippen molar-refractivity contribution in [3.8, 4) is 11.5 Å². The first-order chi connectivity index (χ1) is 9.56. The van der Waals surface area contributed by atoms with Crippen LogP contribution in [-0.2, 0) is 6.42 Å². The molecule has 2 rings (SSSR count). The predicted molar refractivity (Wildman–Crippen MR) is 81.2 cm³/mol. The van der Waals surface area contributed by atoms with Gasteiger partial charge in [-0.25, -0.2) is 0 Å². The molecule has 0 bridgehead atoms. The lowest BCUT2D eigenvalue weighted by atomic mass is 9.92. The largest absolute Gasteiger partial charge is 0.454 e. The zero-order chi connectivity index (χ0) is 14.6. The highest BCUT2D eigenvalue weighted by atomic mass is 16.7. The van der Waals surface area contributed by atoms with Crippen molar-refractivity contribution in [3.63, 3.8) is 0 Å². The van der Waals surface area contributed by atoms with Gasteiger partial charge >= 0.3 is 0 Å². The van der Waals surface area contributed by atoms with Crippen LogP contribution in [0, 0.1) is 0 Å². The van der Waals surface area contributed by atoms with Gasteiger partial charge in [-0.1, -0.05) is 13.0 Å². The molecule has 0 amide bonds. The molecule has 2 atom stereocenters. The maximum Gasteiger partial charge on any atom is 0.231 e. The van der Waals surface area contributed by atoms with Gasteiger partial charge in [0.2, 0.25) is 6.79 Å². The van der Waals surface area contributed by atoms with Crippen LogP contribution in [0.5, 0.6) is 11.5 Å². The second-order valence-electron chi connectivity index (χ2n) is 5.91. The minimum atomic E-state index is -0.0220. The first-order valence-electron chi connectivity index (χ1n) is 7.42. The molecule has 0 aromatic heterocycles. The van der Waals surface area contributed by atoms with E-state index in [0.717, 1.165) is 30.8 Å². The van der Waals surface area contributed by atoms with Crippen LogP contribution >= 0.6 is 0 Å². The van der Waals surface area contributed by atoms with Crippen LogP contribution in [0.4, 0.5) is 0 Å². The summed E-state index contributed by atoms with van der Waals surface area (Å²) < 4.78 is 10.7. The Morgan fingerprint density at radius 3 is 2.80 bits per heavy atom. The third-order valence-electron chi connectivity index (χ3n) is 4.06. The van der Waals surface area contributed by atoms with Crippen molar-refractivity contribution in [3.05, 3.63) is 23.8 Å². The highest BCUT2D eigenvalue weighted by molar-refractivity contribution is 5.44. The van der Waals surface area contributed by atoms with Crippen molar-refractivity contribution in [2.24, 2.45) is 5.73 Å². The van der Waals surface area contributed by atoms with Gasteiger partial charge < -0.3 is 20.5 Å². The number of hydrogen-bond acceptors (Lipinski definition) is 4. The van der Waals surface area contributed by atoms with E-state index in [-0.39, 0.29) is 5.54 Å². The Labute approximate surface area is 121 Å². The molecule has 0 aliphatic carbocycles. The molecule has 3 N–H and O–H groups in total. The van der Waals surface area contributed by atoms with Crippen LogP contribution in [-0.4, -0.2) is 24.9 Å². The Morgan fingerprint density at radius 2 is 2.10 bits per heavy atom. The average Bonchev–Trinajstić information content (AvgIpc) is 2.92. The topological polar surface area (TPSA) is 56.5 Å². The van der Waals surface area contributed by atoms with E-state index in [0.29, 0.717) is 19.4 Å². The first kappa shape index (κ1) is 15.1. The molecule has 1 aliphatic rings. The Morgan fingerprint density at radius 1 is 1.35 bits per heavy atom. The van der Waals surface area contributed by atoms with Gasteiger partial charge in [0.15, 0.2) is 11.5 Å². The molecular weight excluding hydrogens is 252 g/mol. The zero-order valence-electron chi connectivity index (χ0n) is 12.7. The van der Waals surface area contributed by atoms with Crippen LogP contribution in [0.15, 0.2) is 18.2 Å². The fourth-order valence-electron chi connectivity index (χ4n) is 2.45. The molecule has 112 valence electrons. The maximum atomic E-state index is 5.96. The minimum absolute atomic E-state index is 0.0220. The summed E-state index contributed by atoms with van der Waals surface area (Å²) in [4.78, 5) is 0. The molecule has 0 saturated carbocycles. The van der Waals surface area contributed by atoms with Gasteiger partial charge in [-0.2, -0.15) is 0 Å². The molecule has 0 fully saturated rings. The van der Waals surface area contributed by atoms with E-state index < -0.39 is 0 Å². The van der Waals surface area contributed by atoms with E-state index in [1.54, 1.807) is 0 Å². The Kier molecular flexibility index (Phi) is 4.89. The van der Waals surface area contributed by atoms with Crippen LogP contribution in [0.3, 0.4) is 0 Å². The second kappa shape index (κ2) is 6.46. The number of aryl methyl sites for hydroxylation is 1. The normalized spacial score (nSPS) is 17.8. The Bertz CT molecular complexity index is 450. The minimum Gasteiger partial charge on any atom is -0.454 e. The van der Waals surface area contributed by atoms with Crippen molar-refractivity contribution < 1.29 is 9.47 Å². The molecule has 20 heavy (non-hydrogen) atoms.